The molecule has 0 radical (unpaired) electrons. The Balaban J connectivity index is 2.54. The van der Waals surface area contributed by atoms with Gasteiger partial charge < -0.3 is 10.2 Å². The van der Waals surface area contributed by atoms with Crippen LogP contribution in [0.3, 0.4) is 0 Å². The summed E-state index contributed by atoms with van der Waals surface area (Å²) in [5.41, 5.74) is 0. The van der Waals surface area contributed by atoms with Gasteiger partial charge in [-0.25, -0.2) is 4.79 Å². The number of urea groups is 1. The molecule has 1 saturated heterocycles. The lowest BCUT2D eigenvalue weighted by Crippen LogP contribution is -2.56. The fourth-order valence-corrected chi connectivity index (χ4v) is 2.51. The average Bonchev–Trinajstić information content (AvgIpc) is 2.42. The highest BCUT2D eigenvalue weighted by Gasteiger charge is 2.34. The van der Waals surface area contributed by atoms with Crippen LogP contribution in [0.5, 0.6) is 0 Å². The van der Waals surface area contributed by atoms with E-state index in [0.717, 1.165) is 0 Å². The molecule has 1 aliphatic heterocycles. The number of carbonyl (C=O) groups is 2. The third-order valence-electron chi connectivity index (χ3n) is 3.88. The molecule has 0 bridgehead atoms. The molecule has 1 unspecified atom stereocenters. The molecule has 134 valence electrons. The zero-order valence-corrected chi connectivity index (χ0v) is 14.1. The van der Waals surface area contributed by atoms with Crippen LogP contribution in [0.1, 0.15) is 27.7 Å². The number of hydrogen-bond donors (Lipinski definition) is 1. The van der Waals surface area contributed by atoms with E-state index in [9.17, 15) is 22.8 Å². The summed E-state index contributed by atoms with van der Waals surface area (Å²) in [5, 5.41) is 2.73. The van der Waals surface area contributed by atoms with Crippen molar-refractivity contribution in [1.29, 1.82) is 0 Å². The van der Waals surface area contributed by atoms with Gasteiger partial charge in [0.05, 0.1) is 12.6 Å². The highest BCUT2D eigenvalue weighted by Crippen LogP contribution is 2.17. The number of Topliss-reactive ketones (excluding diaryl/α,β-unsaturated/α-hetero) is 1. The molecule has 1 aliphatic rings. The van der Waals surface area contributed by atoms with Crippen molar-refractivity contribution in [2.45, 2.75) is 39.9 Å². The van der Waals surface area contributed by atoms with Gasteiger partial charge in [-0.15, -0.1) is 0 Å². The molecule has 8 heteroatoms. The quantitative estimate of drug-likeness (QED) is 0.836. The second-order valence-electron chi connectivity index (χ2n) is 6.61. The molecule has 1 rings (SSSR count). The van der Waals surface area contributed by atoms with E-state index >= 15 is 0 Å². The SMILES string of the molecule is CC(C)C(=O)C(NC(=O)N1CCN(CC(F)(F)F)CC1)C(C)C. The fourth-order valence-electron chi connectivity index (χ4n) is 2.51. The molecule has 0 aromatic rings. The number of rotatable bonds is 5. The summed E-state index contributed by atoms with van der Waals surface area (Å²) in [5.74, 6) is -0.268. The third-order valence-corrected chi connectivity index (χ3v) is 3.88. The Bertz CT molecular complexity index is 417. The Morgan fingerprint density at radius 2 is 1.57 bits per heavy atom. The van der Waals surface area contributed by atoms with Crippen LogP contribution < -0.4 is 5.32 Å². The number of nitrogens with one attached hydrogen (secondary N) is 1. The Labute approximate surface area is 135 Å². The monoisotopic (exact) mass is 337 g/mol. The fraction of sp³-hybridized carbons (Fsp3) is 0.867. The van der Waals surface area contributed by atoms with Gasteiger partial charge in [0.2, 0.25) is 0 Å². The van der Waals surface area contributed by atoms with Crippen molar-refractivity contribution < 1.29 is 22.8 Å². The van der Waals surface area contributed by atoms with Crippen molar-refractivity contribution in [3.63, 3.8) is 0 Å². The molecule has 0 aromatic carbocycles. The van der Waals surface area contributed by atoms with E-state index in [1.807, 2.05) is 13.8 Å². The summed E-state index contributed by atoms with van der Waals surface area (Å²) < 4.78 is 37.0. The lowest BCUT2D eigenvalue weighted by atomic mass is 9.93. The average molecular weight is 337 g/mol. The van der Waals surface area contributed by atoms with E-state index < -0.39 is 18.8 Å². The summed E-state index contributed by atoms with van der Waals surface area (Å²) in [6, 6.07) is -0.958. The van der Waals surface area contributed by atoms with Crippen molar-refractivity contribution in [3.05, 3.63) is 0 Å². The van der Waals surface area contributed by atoms with Gasteiger partial charge in [-0.2, -0.15) is 13.2 Å². The van der Waals surface area contributed by atoms with Gasteiger partial charge in [0.1, 0.15) is 0 Å². The predicted octanol–water partition coefficient (Wildman–Crippen LogP) is 2.13. The number of hydrogen-bond acceptors (Lipinski definition) is 3. The minimum atomic E-state index is -4.23. The molecule has 23 heavy (non-hydrogen) atoms. The molecule has 0 spiro atoms. The van der Waals surface area contributed by atoms with E-state index in [0.29, 0.717) is 0 Å². The molecule has 1 heterocycles. The minimum absolute atomic E-state index is 0.0379. The van der Waals surface area contributed by atoms with Crippen molar-refractivity contribution in [2.75, 3.05) is 32.7 Å². The maximum Gasteiger partial charge on any atom is 0.401 e. The van der Waals surface area contributed by atoms with Crippen LogP contribution in [0.4, 0.5) is 18.0 Å². The lowest BCUT2D eigenvalue weighted by molar-refractivity contribution is -0.148. The zero-order chi connectivity index (χ0) is 17.8. The summed E-state index contributed by atoms with van der Waals surface area (Å²) in [6.07, 6.45) is -4.23. The molecule has 1 N–H and O–H groups in total. The van der Waals surface area contributed by atoms with Crippen LogP contribution >= 0.6 is 0 Å². The number of halogens is 3. The summed E-state index contributed by atoms with van der Waals surface area (Å²) >= 11 is 0. The second-order valence-corrected chi connectivity index (χ2v) is 6.61. The van der Waals surface area contributed by atoms with E-state index in [2.05, 4.69) is 5.32 Å². The number of ketones is 1. The van der Waals surface area contributed by atoms with Crippen LogP contribution in [-0.2, 0) is 4.79 Å². The first kappa shape index (κ1) is 19.7. The lowest BCUT2D eigenvalue weighted by Gasteiger charge is -2.36. The van der Waals surface area contributed by atoms with E-state index in [1.54, 1.807) is 13.8 Å². The Kier molecular flexibility index (Phi) is 6.85. The topological polar surface area (TPSA) is 52.7 Å². The molecule has 0 aliphatic carbocycles. The van der Waals surface area contributed by atoms with Gasteiger partial charge in [0.25, 0.3) is 0 Å². The summed E-state index contributed by atoms with van der Waals surface area (Å²) in [6.45, 7) is 7.11. The Hall–Kier alpha value is -1.31. The molecular weight excluding hydrogens is 311 g/mol. The number of amides is 2. The van der Waals surface area contributed by atoms with E-state index in [4.69, 9.17) is 0 Å². The predicted molar refractivity (Wildman–Crippen MR) is 81.1 cm³/mol. The first-order valence-corrected chi connectivity index (χ1v) is 7.89. The normalized spacial score (nSPS) is 18.4. The van der Waals surface area contributed by atoms with Crippen molar-refractivity contribution in [2.24, 2.45) is 11.8 Å². The zero-order valence-electron chi connectivity index (χ0n) is 14.1. The first-order valence-electron chi connectivity index (χ1n) is 7.89. The smallest absolute Gasteiger partial charge is 0.328 e. The molecular formula is C15H26F3N3O2. The van der Waals surface area contributed by atoms with Gasteiger partial charge in [0, 0.05) is 32.1 Å². The third kappa shape index (κ3) is 6.37. The number of alkyl halides is 3. The number of nitrogens with zero attached hydrogens (tertiary/aromatic N) is 2. The van der Waals surface area contributed by atoms with Gasteiger partial charge >= 0.3 is 12.2 Å². The van der Waals surface area contributed by atoms with Gasteiger partial charge in [0.15, 0.2) is 5.78 Å². The van der Waals surface area contributed by atoms with Crippen molar-refractivity contribution >= 4 is 11.8 Å². The largest absolute Gasteiger partial charge is 0.401 e. The number of carbonyl (C=O) groups excluding carboxylic acids is 2. The van der Waals surface area contributed by atoms with E-state index in [-0.39, 0.29) is 49.8 Å². The molecule has 0 aromatic heterocycles. The van der Waals surface area contributed by atoms with Gasteiger partial charge in [-0.1, -0.05) is 27.7 Å². The molecule has 2 amide bonds. The maximum atomic E-state index is 12.3. The van der Waals surface area contributed by atoms with Gasteiger partial charge in [-0.3, -0.25) is 9.69 Å². The van der Waals surface area contributed by atoms with Crippen molar-refractivity contribution in [1.82, 2.24) is 15.1 Å². The standard InChI is InChI=1S/C15H26F3N3O2/c1-10(2)12(13(22)11(3)4)19-14(23)21-7-5-20(6-8-21)9-15(16,17)18/h10-12H,5-9H2,1-4H3,(H,19,23). The maximum absolute atomic E-state index is 12.3. The molecule has 1 fully saturated rings. The molecule has 5 nitrogen and oxygen atoms in total. The number of piperazine rings is 1. The minimum Gasteiger partial charge on any atom is -0.328 e. The molecule has 0 saturated carbocycles. The molecule has 1 atom stereocenters. The second kappa shape index (κ2) is 7.99. The van der Waals surface area contributed by atoms with Crippen LogP contribution in [-0.4, -0.2) is 66.6 Å². The summed E-state index contributed by atoms with van der Waals surface area (Å²) in [7, 11) is 0. The van der Waals surface area contributed by atoms with Gasteiger partial charge in [-0.05, 0) is 5.92 Å². The Morgan fingerprint density at radius 1 is 1.04 bits per heavy atom. The highest BCUT2D eigenvalue weighted by atomic mass is 19.4. The highest BCUT2D eigenvalue weighted by molar-refractivity contribution is 5.90. The van der Waals surface area contributed by atoms with Crippen LogP contribution in [0, 0.1) is 11.8 Å². The first-order chi connectivity index (χ1) is 10.5. The van der Waals surface area contributed by atoms with Crippen LogP contribution in [0.15, 0.2) is 0 Å². The Morgan fingerprint density at radius 3 is 1.96 bits per heavy atom. The van der Waals surface area contributed by atoms with Crippen LogP contribution in [0.2, 0.25) is 0 Å². The van der Waals surface area contributed by atoms with Crippen molar-refractivity contribution in [3.8, 4) is 0 Å². The summed E-state index contributed by atoms with van der Waals surface area (Å²) in [4.78, 5) is 27.1. The van der Waals surface area contributed by atoms with Crippen LogP contribution in [0.25, 0.3) is 0 Å². The van der Waals surface area contributed by atoms with E-state index in [1.165, 1.54) is 9.80 Å².